The third-order valence-electron chi connectivity index (χ3n) is 4.10. The highest BCUT2D eigenvalue weighted by molar-refractivity contribution is 7.92. The van der Waals surface area contributed by atoms with Gasteiger partial charge in [0.1, 0.15) is 5.82 Å². The predicted octanol–water partition coefficient (Wildman–Crippen LogP) is 2.88. The molecule has 0 fully saturated rings. The summed E-state index contributed by atoms with van der Waals surface area (Å²) in [6.07, 6.45) is 2.86. The van der Waals surface area contributed by atoms with Crippen LogP contribution in [0.4, 0.5) is 15.8 Å². The molecule has 0 aliphatic rings. The number of sulfonamides is 1. The maximum absolute atomic E-state index is 13.6. The molecule has 0 aliphatic heterocycles. The van der Waals surface area contributed by atoms with Crippen molar-refractivity contribution in [2.24, 2.45) is 0 Å². The van der Waals surface area contributed by atoms with Crippen LogP contribution in [0.3, 0.4) is 0 Å². The summed E-state index contributed by atoms with van der Waals surface area (Å²) in [5, 5.41) is 3.53. The van der Waals surface area contributed by atoms with Crippen molar-refractivity contribution < 1.29 is 17.6 Å². The van der Waals surface area contributed by atoms with E-state index in [4.69, 9.17) is 0 Å². The normalized spacial score (nSPS) is 11.5. The van der Waals surface area contributed by atoms with Crippen LogP contribution in [0.2, 0.25) is 0 Å². The van der Waals surface area contributed by atoms with E-state index < -0.39 is 15.8 Å². The standard InChI is InChI=1S/C18H18FN3O3S/c1-22(26(2,24)25)17-8-7-13(19)10-16(17)21-18(23)9-12-11-20-15-6-4-3-5-14(12)15/h3-8,10-11,20H,9H2,1-2H3,(H,21,23). The van der Waals surface area contributed by atoms with Crippen molar-refractivity contribution in [3.8, 4) is 0 Å². The number of rotatable bonds is 5. The zero-order chi connectivity index (χ0) is 18.9. The van der Waals surface area contributed by atoms with E-state index in [2.05, 4.69) is 10.3 Å². The summed E-state index contributed by atoms with van der Waals surface area (Å²) in [7, 11) is -2.21. The van der Waals surface area contributed by atoms with Crippen molar-refractivity contribution in [1.29, 1.82) is 0 Å². The van der Waals surface area contributed by atoms with E-state index in [0.717, 1.165) is 39.2 Å². The zero-order valence-corrected chi connectivity index (χ0v) is 15.1. The number of nitrogens with one attached hydrogen (secondary N) is 2. The lowest BCUT2D eigenvalue weighted by Crippen LogP contribution is -2.26. The van der Waals surface area contributed by atoms with Crippen molar-refractivity contribution in [2.45, 2.75) is 6.42 Å². The molecule has 0 atom stereocenters. The molecule has 0 spiro atoms. The number of aromatic amines is 1. The highest BCUT2D eigenvalue weighted by atomic mass is 32.2. The summed E-state index contributed by atoms with van der Waals surface area (Å²) in [5.41, 5.74) is 2.01. The van der Waals surface area contributed by atoms with Gasteiger partial charge in [-0.15, -0.1) is 0 Å². The number of halogens is 1. The fraction of sp³-hybridized carbons (Fsp3) is 0.167. The second-order valence-electron chi connectivity index (χ2n) is 5.98. The van der Waals surface area contributed by atoms with Crippen LogP contribution in [-0.4, -0.2) is 32.6 Å². The van der Waals surface area contributed by atoms with E-state index in [1.54, 1.807) is 6.20 Å². The molecule has 0 unspecified atom stereocenters. The minimum atomic E-state index is -3.55. The molecule has 1 heterocycles. The van der Waals surface area contributed by atoms with Crippen LogP contribution in [0.15, 0.2) is 48.7 Å². The van der Waals surface area contributed by atoms with Crippen molar-refractivity contribution in [2.75, 3.05) is 22.9 Å². The van der Waals surface area contributed by atoms with Crippen molar-refractivity contribution in [3.05, 3.63) is 60.0 Å². The van der Waals surface area contributed by atoms with Gasteiger partial charge in [-0.05, 0) is 29.8 Å². The first kappa shape index (κ1) is 17.9. The Balaban J connectivity index is 1.86. The molecule has 3 aromatic rings. The molecule has 0 saturated carbocycles. The molecule has 136 valence electrons. The summed E-state index contributed by atoms with van der Waals surface area (Å²) in [4.78, 5) is 15.5. The van der Waals surface area contributed by atoms with Gasteiger partial charge in [0.15, 0.2) is 0 Å². The molecular formula is C18H18FN3O3S. The van der Waals surface area contributed by atoms with Crippen LogP contribution >= 0.6 is 0 Å². The van der Waals surface area contributed by atoms with Gasteiger partial charge >= 0.3 is 0 Å². The van der Waals surface area contributed by atoms with Crippen molar-refractivity contribution in [3.63, 3.8) is 0 Å². The number of hydrogen-bond acceptors (Lipinski definition) is 3. The topological polar surface area (TPSA) is 82.3 Å². The van der Waals surface area contributed by atoms with Crippen LogP contribution in [0.25, 0.3) is 10.9 Å². The maximum Gasteiger partial charge on any atom is 0.232 e. The summed E-state index contributed by atoms with van der Waals surface area (Å²) in [6.45, 7) is 0. The molecule has 2 aromatic carbocycles. The predicted molar refractivity (Wildman–Crippen MR) is 100 cm³/mol. The van der Waals surface area contributed by atoms with Gasteiger partial charge in [-0.2, -0.15) is 0 Å². The first-order valence-electron chi connectivity index (χ1n) is 7.84. The molecule has 0 aliphatic carbocycles. The monoisotopic (exact) mass is 375 g/mol. The number of para-hydroxylation sites is 1. The first-order valence-corrected chi connectivity index (χ1v) is 9.69. The molecule has 0 saturated heterocycles. The third kappa shape index (κ3) is 3.70. The Morgan fingerprint density at radius 2 is 1.96 bits per heavy atom. The second kappa shape index (κ2) is 6.80. The van der Waals surface area contributed by atoms with Gasteiger partial charge in [-0.3, -0.25) is 9.10 Å². The van der Waals surface area contributed by atoms with Gasteiger partial charge < -0.3 is 10.3 Å². The Hall–Kier alpha value is -2.87. The smallest absolute Gasteiger partial charge is 0.232 e. The number of fused-ring (bicyclic) bond motifs is 1. The number of nitrogens with zero attached hydrogens (tertiary/aromatic N) is 1. The van der Waals surface area contributed by atoms with Crippen LogP contribution < -0.4 is 9.62 Å². The van der Waals surface area contributed by atoms with Gasteiger partial charge in [0.2, 0.25) is 15.9 Å². The largest absolute Gasteiger partial charge is 0.361 e. The lowest BCUT2D eigenvalue weighted by molar-refractivity contribution is -0.115. The van der Waals surface area contributed by atoms with Gasteiger partial charge in [-0.1, -0.05) is 18.2 Å². The van der Waals surface area contributed by atoms with Crippen LogP contribution in [0, 0.1) is 5.82 Å². The molecule has 6 nitrogen and oxygen atoms in total. The van der Waals surface area contributed by atoms with Gasteiger partial charge in [0.05, 0.1) is 24.1 Å². The molecule has 1 aromatic heterocycles. The number of amides is 1. The third-order valence-corrected chi connectivity index (χ3v) is 5.29. The Morgan fingerprint density at radius 1 is 1.23 bits per heavy atom. The summed E-state index contributed by atoms with van der Waals surface area (Å²) < 4.78 is 38.2. The minimum Gasteiger partial charge on any atom is -0.361 e. The minimum absolute atomic E-state index is 0.0720. The summed E-state index contributed by atoms with van der Waals surface area (Å²) in [5.74, 6) is -0.943. The van der Waals surface area contributed by atoms with Crippen molar-refractivity contribution >= 4 is 38.2 Å². The fourth-order valence-corrected chi connectivity index (χ4v) is 3.22. The highest BCUT2D eigenvalue weighted by Gasteiger charge is 2.18. The van der Waals surface area contributed by atoms with Gasteiger partial charge in [0.25, 0.3) is 0 Å². The average Bonchev–Trinajstić information content (AvgIpc) is 2.97. The Morgan fingerprint density at radius 3 is 2.69 bits per heavy atom. The Bertz CT molecular complexity index is 1080. The first-order chi connectivity index (χ1) is 12.3. The van der Waals surface area contributed by atoms with Crippen LogP contribution in [0.1, 0.15) is 5.56 Å². The number of benzene rings is 2. The van der Waals surface area contributed by atoms with Crippen LogP contribution in [-0.2, 0) is 21.2 Å². The molecule has 8 heteroatoms. The number of H-pyrrole nitrogens is 1. The average molecular weight is 375 g/mol. The van der Waals surface area contributed by atoms with Crippen molar-refractivity contribution in [1.82, 2.24) is 4.98 Å². The fourth-order valence-electron chi connectivity index (χ4n) is 2.71. The second-order valence-corrected chi connectivity index (χ2v) is 7.99. The lowest BCUT2D eigenvalue weighted by atomic mass is 10.1. The highest BCUT2D eigenvalue weighted by Crippen LogP contribution is 2.28. The van der Waals surface area contributed by atoms with E-state index in [1.807, 2.05) is 24.3 Å². The van der Waals surface area contributed by atoms with E-state index in [1.165, 1.54) is 13.1 Å². The molecule has 0 radical (unpaired) electrons. The molecule has 3 rings (SSSR count). The number of hydrogen-bond donors (Lipinski definition) is 2. The number of anilines is 2. The summed E-state index contributed by atoms with van der Waals surface area (Å²) in [6, 6.07) is 11.1. The number of carbonyl (C=O) groups excluding carboxylic acids is 1. The Kier molecular flexibility index (Phi) is 4.69. The zero-order valence-electron chi connectivity index (χ0n) is 14.3. The quantitative estimate of drug-likeness (QED) is 0.719. The molecule has 1 amide bonds. The van der Waals surface area contributed by atoms with E-state index in [9.17, 15) is 17.6 Å². The van der Waals surface area contributed by atoms with E-state index in [-0.39, 0.29) is 23.7 Å². The summed E-state index contributed by atoms with van der Waals surface area (Å²) >= 11 is 0. The molecular weight excluding hydrogens is 357 g/mol. The van der Waals surface area contributed by atoms with Gasteiger partial charge in [-0.25, -0.2) is 12.8 Å². The van der Waals surface area contributed by atoms with E-state index in [0.29, 0.717) is 0 Å². The van der Waals surface area contributed by atoms with E-state index >= 15 is 0 Å². The lowest BCUT2D eigenvalue weighted by Gasteiger charge is -2.20. The SMILES string of the molecule is CN(c1ccc(F)cc1NC(=O)Cc1c[nH]c2ccccc12)S(C)(=O)=O. The molecule has 26 heavy (non-hydrogen) atoms. The maximum atomic E-state index is 13.6. The van der Waals surface area contributed by atoms with Gasteiger partial charge in [0, 0.05) is 24.1 Å². The molecule has 2 N–H and O–H groups in total. The molecule has 0 bridgehead atoms. The number of carbonyl (C=O) groups is 1. The Labute approximate surface area is 150 Å². The number of aromatic nitrogens is 1. The van der Waals surface area contributed by atoms with Crippen LogP contribution in [0.5, 0.6) is 0 Å².